The second-order valence-corrected chi connectivity index (χ2v) is 5.10. The standard InChI is InChI=1S/C13H12BrN5/c1-15-7-11-8-19(18-17-11)12-4-2-3-9-5-10(14)6-16-13(9)12/h2-6,8,15H,7H2,1H3. The number of hydrogen-bond donors (Lipinski definition) is 1. The predicted octanol–water partition coefficient (Wildman–Crippen LogP) is 2.30. The molecule has 0 aliphatic rings. The summed E-state index contributed by atoms with van der Waals surface area (Å²) in [5.74, 6) is 0. The van der Waals surface area contributed by atoms with Crippen LogP contribution >= 0.6 is 15.9 Å². The van der Waals surface area contributed by atoms with Gasteiger partial charge in [-0.1, -0.05) is 17.3 Å². The molecule has 96 valence electrons. The third-order valence-corrected chi connectivity index (χ3v) is 3.24. The molecule has 19 heavy (non-hydrogen) atoms. The highest BCUT2D eigenvalue weighted by Gasteiger charge is 2.07. The number of para-hydroxylation sites is 1. The first-order chi connectivity index (χ1) is 9.28. The zero-order chi connectivity index (χ0) is 13.2. The zero-order valence-corrected chi connectivity index (χ0v) is 11.9. The molecule has 2 heterocycles. The largest absolute Gasteiger partial charge is 0.314 e. The van der Waals surface area contributed by atoms with Crippen LogP contribution in [0.15, 0.2) is 41.1 Å². The Morgan fingerprint density at radius 1 is 1.37 bits per heavy atom. The van der Waals surface area contributed by atoms with E-state index < -0.39 is 0 Å². The van der Waals surface area contributed by atoms with E-state index in [1.54, 1.807) is 10.9 Å². The quantitative estimate of drug-likeness (QED) is 0.805. The second-order valence-electron chi connectivity index (χ2n) is 4.19. The molecule has 0 aliphatic carbocycles. The minimum atomic E-state index is 0.698. The van der Waals surface area contributed by atoms with Gasteiger partial charge in [0, 0.05) is 22.6 Å². The van der Waals surface area contributed by atoms with Crippen molar-refractivity contribution in [2.75, 3.05) is 7.05 Å². The van der Waals surface area contributed by atoms with Crippen LogP contribution in [0.3, 0.4) is 0 Å². The number of fused-ring (bicyclic) bond motifs is 1. The molecule has 0 amide bonds. The number of hydrogen-bond acceptors (Lipinski definition) is 4. The maximum absolute atomic E-state index is 4.46. The van der Waals surface area contributed by atoms with Crippen LogP contribution < -0.4 is 5.32 Å². The molecule has 0 bridgehead atoms. The Balaban J connectivity index is 2.13. The van der Waals surface area contributed by atoms with Gasteiger partial charge in [-0.25, -0.2) is 4.68 Å². The minimum Gasteiger partial charge on any atom is -0.314 e. The highest BCUT2D eigenvalue weighted by atomic mass is 79.9. The lowest BCUT2D eigenvalue weighted by Crippen LogP contribution is -2.05. The third-order valence-electron chi connectivity index (χ3n) is 2.80. The molecule has 6 heteroatoms. The fraction of sp³-hybridized carbons (Fsp3) is 0.154. The van der Waals surface area contributed by atoms with E-state index in [2.05, 4.69) is 36.5 Å². The summed E-state index contributed by atoms with van der Waals surface area (Å²) in [6, 6.07) is 8.05. The topological polar surface area (TPSA) is 55.6 Å². The van der Waals surface area contributed by atoms with Crippen LogP contribution in [0, 0.1) is 0 Å². The number of aromatic nitrogens is 4. The van der Waals surface area contributed by atoms with Gasteiger partial charge in [-0.2, -0.15) is 0 Å². The van der Waals surface area contributed by atoms with E-state index in [9.17, 15) is 0 Å². The van der Waals surface area contributed by atoms with Gasteiger partial charge in [0.05, 0.1) is 23.1 Å². The van der Waals surface area contributed by atoms with E-state index in [-0.39, 0.29) is 0 Å². The van der Waals surface area contributed by atoms with E-state index >= 15 is 0 Å². The van der Waals surface area contributed by atoms with Crippen LogP contribution in [0.5, 0.6) is 0 Å². The summed E-state index contributed by atoms with van der Waals surface area (Å²) in [4.78, 5) is 4.46. The Hall–Kier alpha value is -1.79. The molecule has 0 unspecified atom stereocenters. The van der Waals surface area contributed by atoms with Crippen molar-refractivity contribution >= 4 is 26.8 Å². The molecular weight excluding hydrogens is 306 g/mol. The fourth-order valence-corrected chi connectivity index (χ4v) is 2.33. The van der Waals surface area contributed by atoms with Gasteiger partial charge in [-0.15, -0.1) is 5.10 Å². The number of nitrogens with zero attached hydrogens (tertiary/aromatic N) is 4. The van der Waals surface area contributed by atoms with E-state index in [4.69, 9.17) is 0 Å². The average Bonchev–Trinajstić information content (AvgIpc) is 2.86. The van der Waals surface area contributed by atoms with Crippen molar-refractivity contribution < 1.29 is 0 Å². The monoisotopic (exact) mass is 317 g/mol. The van der Waals surface area contributed by atoms with Gasteiger partial charge in [0.25, 0.3) is 0 Å². The Bertz CT molecular complexity index is 722. The maximum Gasteiger partial charge on any atom is 0.0969 e. The van der Waals surface area contributed by atoms with Crippen LogP contribution in [0.2, 0.25) is 0 Å². The highest BCUT2D eigenvalue weighted by Crippen LogP contribution is 2.22. The number of nitrogens with one attached hydrogen (secondary N) is 1. The Morgan fingerprint density at radius 3 is 3.11 bits per heavy atom. The Labute approximate surface area is 118 Å². The lowest BCUT2D eigenvalue weighted by Gasteiger charge is -2.05. The van der Waals surface area contributed by atoms with E-state index in [0.717, 1.165) is 26.8 Å². The molecule has 1 aromatic carbocycles. The molecular formula is C13H12BrN5. The molecule has 0 saturated carbocycles. The van der Waals surface area contributed by atoms with Crippen molar-refractivity contribution in [2.45, 2.75) is 6.54 Å². The van der Waals surface area contributed by atoms with Gasteiger partial charge in [0.2, 0.25) is 0 Å². The lowest BCUT2D eigenvalue weighted by molar-refractivity contribution is 0.768. The Morgan fingerprint density at radius 2 is 2.26 bits per heavy atom. The van der Waals surface area contributed by atoms with Crippen molar-refractivity contribution in [3.63, 3.8) is 0 Å². The van der Waals surface area contributed by atoms with Gasteiger partial charge >= 0.3 is 0 Å². The summed E-state index contributed by atoms with van der Waals surface area (Å²) >= 11 is 3.43. The van der Waals surface area contributed by atoms with Crippen molar-refractivity contribution in [2.24, 2.45) is 0 Å². The smallest absolute Gasteiger partial charge is 0.0969 e. The summed E-state index contributed by atoms with van der Waals surface area (Å²) in [7, 11) is 1.88. The minimum absolute atomic E-state index is 0.698. The molecule has 3 rings (SSSR count). The van der Waals surface area contributed by atoms with E-state index in [1.165, 1.54) is 0 Å². The summed E-state index contributed by atoms with van der Waals surface area (Å²) in [6.07, 6.45) is 3.70. The SMILES string of the molecule is CNCc1cn(-c2cccc3cc(Br)cnc23)nn1. The maximum atomic E-state index is 4.46. The first-order valence-electron chi connectivity index (χ1n) is 5.88. The second kappa shape index (κ2) is 5.07. The average molecular weight is 318 g/mol. The number of benzene rings is 1. The van der Waals surface area contributed by atoms with Crippen LogP contribution in [0.1, 0.15) is 5.69 Å². The van der Waals surface area contributed by atoms with Crippen molar-refractivity contribution in [3.05, 3.63) is 46.8 Å². The van der Waals surface area contributed by atoms with Crippen LogP contribution in [0.4, 0.5) is 0 Å². The van der Waals surface area contributed by atoms with E-state index in [0.29, 0.717) is 6.54 Å². The molecule has 2 aromatic heterocycles. The van der Waals surface area contributed by atoms with Crippen LogP contribution in [-0.4, -0.2) is 27.0 Å². The van der Waals surface area contributed by atoms with Gasteiger partial charge < -0.3 is 5.32 Å². The summed E-state index contributed by atoms with van der Waals surface area (Å²) in [5.41, 5.74) is 2.74. The molecule has 0 fully saturated rings. The molecule has 1 N–H and O–H groups in total. The van der Waals surface area contributed by atoms with Gasteiger partial charge in [0.1, 0.15) is 0 Å². The number of rotatable bonds is 3. The molecule has 0 aliphatic heterocycles. The van der Waals surface area contributed by atoms with Crippen molar-refractivity contribution in [1.82, 2.24) is 25.3 Å². The van der Waals surface area contributed by atoms with Gasteiger partial charge in [-0.3, -0.25) is 4.98 Å². The number of halogens is 1. The zero-order valence-electron chi connectivity index (χ0n) is 10.3. The summed E-state index contributed by atoms with van der Waals surface area (Å²) in [6.45, 7) is 0.698. The van der Waals surface area contributed by atoms with Crippen LogP contribution in [0.25, 0.3) is 16.6 Å². The molecule has 0 spiro atoms. The van der Waals surface area contributed by atoms with Crippen LogP contribution in [-0.2, 0) is 6.54 Å². The first kappa shape index (κ1) is 12.3. The fourth-order valence-electron chi connectivity index (χ4n) is 1.98. The van der Waals surface area contributed by atoms with Crippen molar-refractivity contribution in [3.8, 4) is 5.69 Å². The first-order valence-corrected chi connectivity index (χ1v) is 6.68. The lowest BCUT2D eigenvalue weighted by atomic mass is 10.2. The van der Waals surface area contributed by atoms with Crippen molar-refractivity contribution in [1.29, 1.82) is 0 Å². The molecule has 0 atom stereocenters. The summed E-state index contributed by atoms with van der Waals surface area (Å²) < 4.78 is 2.72. The normalized spacial score (nSPS) is 11.1. The predicted molar refractivity (Wildman–Crippen MR) is 77.1 cm³/mol. The molecule has 0 radical (unpaired) electrons. The molecule has 5 nitrogen and oxygen atoms in total. The molecule has 3 aromatic rings. The van der Waals surface area contributed by atoms with Gasteiger partial charge in [0.15, 0.2) is 0 Å². The third kappa shape index (κ3) is 2.36. The number of pyridine rings is 1. The van der Waals surface area contributed by atoms with Gasteiger partial charge in [-0.05, 0) is 35.1 Å². The summed E-state index contributed by atoms with van der Waals surface area (Å²) in [5, 5.41) is 12.4. The Kier molecular flexibility index (Phi) is 3.27. The molecule has 0 saturated heterocycles. The van der Waals surface area contributed by atoms with E-state index in [1.807, 2.05) is 37.5 Å². The highest BCUT2D eigenvalue weighted by molar-refractivity contribution is 9.10.